The Labute approximate surface area is 106 Å². The molecule has 0 atom stereocenters. The summed E-state index contributed by atoms with van der Waals surface area (Å²) in [7, 11) is 0. The van der Waals surface area contributed by atoms with Crippen molar-refractivity contribution < 1.29 is 13.2 Å². The summed E-state index contributed by atoms with van der Waals surface area (Å²) in [6.07, 6.45) is -0.450. The van der Waals surface area contributed by atoms with Crippen LogP contribution in [-0.4, -0.2) is 24.1 Å². The number of alkyl halides is 4. The van der Waals surface area contributed by atoms with Gasteiger partial charge in [-0.15, -0.1) is 11.6 Å². The minimum Gasteiger partial charge on any atom is -0.310 e. The molecule has 0 saturated heterocycles. The van der Waals surface area contributed by atoms with E-state index in [1.165, 1.54) is 0 Å². The Morgan fingerprint density at radius 3 is 2.35 bits per heavy atom. The average molecular weight is 272 g/mol. The molecular weight excluding hydrogens is 251 g/mol. The second-order valence-electron chi connectivity index (χ2n) is 5.24. The van der Waals surface area contributed by atoms with Crippen LogP contribution in [0.5, 0.6) is 0 Å². The van der Waals surface area contributed by atoms with E-state index in [4.69, 9.17) is 11.6 Å². The molecular formula is C12H21ClF3N. The topological polar surface area (TPSA) is 12.0 Å². The van der Waals surface area contributed by atoms with Gasteiger partial charge in [-0.3, -0.25) is 0 Å². The molecule has 0 aliphatic heterocycles. The van der Waals surface area contributed by atoms with E-state index >= 15 is 0 Å². The fourth-order valence-corrected chi connectivity index (χ4v) is 2.68. The van der Waals surface area contributed by atoms with Gasteiger partial charge in [0.25, 0.3) is 0 Å². The zero-order chi connectivity index (χ0) is 12.9. The van der Waals surface area contributed by atoms with Gasteiger partial charge in [-0.05, 0) is 44.6 Å². The predicted octanol–water partition coefficient (Wildman–Crippen LogP) is 4.11. The smallest absolute Gasteiger partial charge is 0.310 e. The van der Waals surface area contributed by atoms with Gasteiger partial charge in [0.15, 0.2) is 0 Å². The first kappa shape index (κ1) is 15.1. The second-order valence-corrected chi connectivity index (χ2v) is 5.51. The molecule has 0 aromatic heterocycles. The van der Waals surface area contributed by atoms with Gasteiger partial charge >= 0.3 is 6.18 Å². The monoisotopic (exact) mass is 271 g/mol. The average Bonchev–Trinajstić information content (AvgIpc) is 2.26. The third-order valence-corrected chi connectivity index (χ3v) is 4.14. The number of hydrogen-bond acceptors (Lipinski definition) is 1. The van der Waals surface area contributed by atoms with Crippen LogP contribution < -0.4 is 5.32 Å². The molecule has 1 aliphatic rings. The van der Waals surface area contributed by atoms with E-state index in [1.54, 1.807) is 0 Å². The molecule has 17 heavy (non-hydrogen) atoms. The molecule has 0 aromatic carbocycles. The van der Waals surface area contributed by atoms with E-state index in [2.05, 4.69) is 12.2 Å². The van der Waals surface area contributed by atoms with E-state index in [9.17, 15) is 13.2 Å². The first-order valence-electron chi connectivity index (χ1n) is 6.25. The highest BCUT2D eigenvalue weighted by atomic mass is 35.5. The molecule has 1 aliphatic carbocycles. The highest BCUT2D eigenvalue weighted by Gasteiger charge is 2.33. The SMILES string of the molecule is CC1CCC(CCl)(NCCCC(F)(F)F)CC1. The first-order chi connectivity index (χ1) is 7.87. The van der Waals surface area contributed by atoms with E-state index in [1.807, 2.05) is 0 Å². The molecule has 1 saturated carbocycles. The Balaban J connectivity index is 2.27. The van der Waals surface area contributed by atoms with Crippen LogP contribution in [0.15, 0.2) is 0 Å². The number of rotatable bonds is 5. The lowest BCUT2D eigenvalue weighted by Crippen LogP contribution is -2.49. The van der Waals surface area contributed by atoms with E-state index in [0.29, 0.717) is 18.3 Å². The third-order valence-electron chi connectivity index (χ3n) is 3.62. The molecule has 0 heterocycles. The Morgan fingerprint density at radius 1 is 1.29 bits per heavy atom. The maximum absolute atomic E-state index is 12.0. The quantitative estimate of drug-likeness (QED) is 0.586. The lowest BCUT2D eigenvalue weighted by Gasteiger charge is -2.39. The van der Waals surface area contributed by atoms with Gasteiger partial charge in [0.2, 0.25) is 0 Å². The van der Waals surface area contributed by atoms with Crippen molar-refractivity contribution in [3.8, 4) is 0 Å². The highest BCUT2D eigenvalue weighted by molar-refractivity contribution is 6.18. The normalized spacial score (nSPS) is 30.5. The summed E-state index contributed by atoms with van der Waals surface area (Å²) in [6, 6.07) is 0. The summed E-state index contributed by atoms with van der Waals surface area (Å²) in [5.41, 5.74) is -0.125. The van der Waals surface area contributed by atoms with Crippen LogP contribution in [0.4, 0.5) is 13.2 Å². The van der Waals surface area contributed by atoms with Crippen molar-refractivity contribution in [1.82, 2.24) is 5.32 Å². The maximum atomic E-state index is 12.0. The molecule has 1 rings (SSSR count). The van der Waals surface area contributed by atoms with Gasteiger partial charge in [0, 0.05) is 17.8 Å². The molecule has 1 N–H and O–H groups in total. The number of hydrogen-bond donors (Lipinski definition) is 1. The van der Waals surface area contributed by atoms with Gasteiger partial charge in [0.1, 0.15) is 0 Å². The summed E-state index contributed by atoms with van der Waals surface area (Å²) in [6.45, 7) is 2.61. The number of nitrogens with one attached hydrogen (secondary N) is 1. The van der Waals surface area contributed by atoms with Crippen LogP contribution in [0.2, 0.25) is 0 Å². The summed E-state index contributed by atoms with van der Waals surface area (Å²) in [4.78, 5) is 0. The van der Waals surface area contributed by atoms with Gasteiger partial charge in [-0.25, -0.2) is 0 Å². The zero-order valence-electron chi connectivity index (χ0n) is 10.2. The van der Waals surface area contributed by atoms with Crippen LogP contribution >= 0.6 is 11.6 Å². The Morgan fingerprint density at radius 2 is 1.88 bits per heavy atom. The molecule has 0 unspecified atom stereocenters. The van der Waals surface area contributed by atoms with Crippen molar-refractivity contribution >= 4 is 11.6 Å². The largest absolute Gasteiger partial charge is 0.389 e. The lowest BCUT2D eigenvalue weighted by molar-refractivity contribution is -0.135. The molecule has 0 bridgehead atoms. The zero-order valence-corrected chi connectivity index (χ0v) is 11.0. The van der Waals surface area contributed by atoms with Crippen LogP contribution in [0.25, 0.3) is 0 Å². The van der Waals surface area contributed by atoms with E-state index in [0.717, 1.165) is 25.7 Å². The molecule has 1 nitrogen and oxygen atoms in total. The number of halogens is 4. The van der Waals surface area contributed by atoms with Crippen LogP contribution in [0.3, 0.4) is 0 Å². The van der Waals surface area contributed by atoms with Crippen LogP contribution in [0, 0.1) is 5.92 Å². The Hall–Kier alpha value is 0.0400. The predicted molar refractivity (Wildman–Crippen MR) is 64.4 cm³/mol. The second kappa shape index (κ2) is 6.28. The van der Waals surface area contributed by atoms with Crippen molar-refractivity contribution in [1.29, 1.82) is 0 Å². The summed E-state index contributed by atoms with van der Waals surface area (Å²) >= 11 is 5.97. The molecule has 5 heteroatoms. The fraction of sp³-hybridized carbons (Fsp3) is 1.00. The molecule has 1 fully saturated rings. The Kier molecular flexibility index (Phi) is 5.58. The van der Waals surface area contributed by atoms with Crippen molar-refractivity contribution in [3.63, 3.8) is 0 Å². The molecule has 102 valence electrons. The molecule has 0 amide bonds. The fourth-order valence-electron chi connectivity index (χ4n) is 2.31. The standard InChI is InChI=1S/C12H21ClF3N/c1-10-3-6-11(9-13,7-4-10)17-8-2-5-12(14,15)16/h10,17H,2-9H2,1H3. The van der Waals surface area contributed by atoms with Crippen LogP contribution in [0.1, 0.15) is 45.4 Å². The summed E-state index contributed by atoms with van der Waals surface area (Å²) in [5, 5.41) is 3.25. The lowest BCUT2D eigenvalue weighted by atomic mass is 9.78. The van der Waals surface area contributed by atoms with Crippen molar-refractivity contribution in [2.45, 2.75) is 57.2 Å². The van der Waals surface area contributed by atoms with Crippen molar-refractivity contribution in [2.75, 3.05) is 12.4 Å². The van der Waals surface area contributed by atoms with Crippen molar-refractivity contribution in [3.05, 3.63) is 0 Å². The maximum Gasteiger partial charge on any atom is 0.389 e. The van der Waals surface area contributed by atoms with Crippen molar-refractivity contribution in [2.24, 2.45) is 5.92 Å². The van der Waals surface area contributed by atoms with E-state index < -0.39 is 12.6 Å². The Bertz CT molecular complexity index is 222. The minimum absolute atomic E-state index is 0.125. The summed E-state index contributed by atoms with van der Waals surface area (Å²) < 4.78 is 36.0. The molecule has 0 radical (unpaired) electrons. The highest BCUT2D eigenvalue weighted by Crippen LogP contribution is 2.33. The minimum atomic E-state index is -4.04. The van der Waals surface area contributed by atoms with E-state index in [-0.39, 0.29) is 12.0 Å². The molecule has 0 spiro atoms. The van der Waals surface area contributed by atoms with Gasteiger partial charge in [0.05, 0.1) is 0 Å². The first-order valence-corrected chi connectivity index (χ1v) is 6.78. The van der Waals surface area contributed by atoms with Gasteiger partial charge < -0.3 is 5.32 Å². The third kappa shape index (κ3) is 5.47. The van der Waals surface area contributed by atoms with Crippen LogP contribution in [-0.2, 0) is 0 Å². The van der Waals surface area contributed by atoms with Gasteiger partial charge in [-0.1, -0.05) is 6.92 Å². The summed E-state index contributed by atoms with van der Waals surface area (Å²) in [5.74, 6) is 1.20. The van der Waals surface area contributed by atoms with Gasteiger partial charge in [-0.2, -0.15) is 13.2 Å². The molecule has 0 aromatic rings.